The summed E-state index contributed by atoms with van der Waals surface area (Å²) < 4.78 is 0. The molecule has 0 saturated heterocycles. The maximum Gasteiger partial charge on any atom is 0.258 e. The smallest absolute Gasteiger partial charge is 0.258 e. The molecular weight excluding hydrogens is 400 g/mol. The lowest BCUT2D eigenvalue weighted by Gasteiger charge is -2.18. The maximum absolute atomic E-state index is 13.0. The van der Waals surface area contributed by atoms with E-state index in [9.17, 15) is 19.5 Å². The molecule has 1 aromatic carbocycles. The summed E-state index contributed by atoms with van der Waals surface area (Å²) in [5, 5.41) is 17.2. The molecule has 0 radical (unpaired) electrons. The Morgan fingerprint density at radius 3 is 2.57 bits per heavy atom. The van der Waals surface area contributed by atoms with Crippen LogP contribution < -0.4 is 15.7 Å². The number of carboxylic acids is 1. The fraction of sp³-hybridized carbons (Fsp3) is 0.350. The zero-order valence-electron chi connectivity index (χ0n) is 15.3. The Bertz CT molecular complexity index is 908. The highest BCUT2D eigenvalue weighted by Crippen LogP contribution is 2.40. The van der Waals surface area contributed by atoms with Gasteiger partial charge in [-0.1, -0.05) is 18.5 Å². The second kappa shape index (κ2) is 8.75. The van der Waals surface area contributed by atoms with Gasteiger partial charge in [0.25, 0.3) is 5.91 Å². The standard InChI is InChI=1S/C20H21ClN2O4S/c1-11-2-7-14-15(10-11)28-20(23-16(24)8-9-17(25)26)18(14)19(27)22-13-5-3-12(21)4-6-13/h3-6,11H,2,7-10H2,1H3,(H,22,27)(H,23,24)(H,25,26)/p-1. The normalized spacial score (nSPS) is 15.6. The summed E-state index contributed by atoms with van der Waals surface area (Å²) in [7, 11) is 0. The van der Waals surface area contributed by atoms with Crippen molar-refractivity contribution in [2.45, 2.75) is 39.0 Å². The SMILES string of the molecule is CC1CCc2c(sc(NC(=O)CCC(=O)[O-])c2C(=O)Nc2ccc(Cl)cc2)C1. The Labute approximate surface area is 171 Å². The van der Waals surface area contributed by atoms with E-state index < -0.39 is 11.9 Å². The van der Waals surface area contributed by atoms with E-state index in [-0.39, 0.29) is 18.7 Å². The predicted molar refractivity (Wildman–Crippen MR) is 108 cm³/mol. The van der Waals surface area contributed by atoms with Crippen molar-refractivity contribution >= 4 is 51.4 Å². The molecule has 28 heavy (non-hydrogen) atoms. The monoisotopic (exact) mass is 419 g/mol. The van der Waals surface area contributed by atoms with Gasteiger partial charge < -0.3 is 20.5 Å². The van der Waals surface area contributed by atoms with Gasteiger partial charge in [0.15, 0.2) is 0 Å². The minimum Gasteiger partial charge on any atom is -0.550 e. The van der Waals surface area contributed by atoms with E-state index in [1.807, 2.05) is 0 Å². The third kappa shape index (κ3) is 4.91. The fourth-order valence-corrected chi connectivity index (χ4v) is 4.76. The zero-order chi connectivity index (χ0) is 20.3. The minimum atomic E-state index is -1.28. The Morgan fingerprint density at radius 2 is 1.89 bits per heavy atom. The van der Waals surface area contributed by atoms with Crippen LogP contribution in [-0.4, -0.2) is 17.8 Å². The van der Waals surface area contributed by atoms with Crippen LogP contribution in [0.4, 0.5) is 10.7 Å². The van der Waals surface area contributed by atoms with Gasteiger partial charge >= 0.3 is 0 Å². The molecular formula is C20H20ClN2O4S-. The highest BCUT2D eigenvalue weighted by molar-refractivity contribution is 7.17. The van der Waals surface area contributed by atoms with Crippen molar-refractivity contribution in [2.75, 3.05) is 10.6 Å². The van der Waals surface area contributed by atoms with Crippen molar-refractivity contribution in [2.24, 2.45) is 5.92 Å². The number of fused-ring (bicyclic) bond motifs is 1. The van der Waals surface area contributed by atoms with Crippen LogP contribution in [-0.2, 0) is 22.4 Å². The number of rotatable bonds is 6. The third-order valence-electron chi connectivity index (χ3n) is 4.65. The molecule has 1 heterocycles. The molecule has 1 aromatic heterocycles. The number of amides is 2. The Hall–Kier alpha value is -2.38. The Balaban J connectivity index is 1.86. The van der Waals surface area contributed by atoms with E-state index in [1.165, 1.54) is 11.3 Å². The molecule has 0 spiro atoms. The van der Waals surface area contributed by atoms with Crippen LogP contribution in [0.1, 0.15) is 47.0 Å². The van der Waals surface area contributed by atoms with Gasteiger partial charge in [0.1, 0.15) is 5.00 Å². The molecule has 0 fully saturated rings. The second-order valence-electron chi connectivity index (χ2n) is 6.94. The van der Waals surface area contributed by atoms with Gasteiger partial charge in [-0.25, -0.2) is 0 Å². The first-order valence-electron chi connectivity index (χ1n) is 9.04. The minimum absolute atomic E-state index is 0.195. The number of aliphatic carboxylic acids is 1. The molecule has 2 aromatic rings. The molecule has 1 atom stereocenters. The topological polar surface area (TPSA) is 98.3 Å². The van der Waals surface area contributed by atoms with Gasteiger partial charge in [-0.2, -0.15) is 0 Å². The van der Waals surface area contributed by atoms with Crippen LogP contribution in [0.15, 0.2) is 24.3 Å². The lowest BCUT2D eigenvalue weighted by molar-refractivity contribution is -0.305. The lowest BCUT2D eigenvalue weighted by atomic mass is 9.88. The van der Waals surface area contributed by atoms with Crippen molar-refractivity contribution in [1.29, 1.82) is 0 Å². The van der Waals surface area contributed by atoms with Crippen LogP contribution >= 0.6 is 22.9 Å². The summed E-state index contributed by atoms with van der Waals surface area (Å²) in [6.07, 6.45) is 2.05. The third-order valence-corrected chi connectivity index (χ3v) is 6.07. The Morgan fingerprint density at radius 1 is 1.18 bits per heavy atom. The largest absolute Gasteiger partial charge is 0.550 e. The molecule has 2 N–H and O–H groups in total. The maximum atomic E-state index is 13.0. The van der Waals surface area contributed by atoms with Crippen molar-refractivity contribution in [3.63, 3.8) is 0 Å². The molecule has 1 unspecified atom stereocenters. The molecule has 1 aliphatic carbocycles. The zero-order valence-corrected chi connectivity index (χ0v) is 16.9. The average Bonchev–Trinajstić information content (AvgIpc) is 2.98. The van der Waals surface area contributed by atoms with E-state index in [0.29, 0.717) is 27.2 Å². The Kier molecular flexibility index (Phi) is 6.36. The van der Waals surface area contributed by atoms with Crippen molar-refractivity contribution in [3.05, 3.63) is 45.3 Å². The van der Waals surface area contributed by atoms with E-state index in [4.69, 9.17) is 11.6 Å². The molecule has 3 rings (SSSR count). The fourth-order valence-electron chi connectivity index (χ4n) is 3.21. The number of thiophene rings is 1. The number of anilines is 2. The summed E-state index contributed by atoms with van der Waals surface area (Å²) in [5.74, 6) is -1.52. The van der Waals surface area contributed by atoms with Gasteiger partial charge in [0.2, 0.25) is 5.91 Å². The lowest BCUT2D eigenvalue weighted by Crippen LogP contribution is -2.24. The number of carboxylic acid groups (broad SMARTS) is 1. The number of hydrogen-bond acceptors (Lipinski definition) is 5. The first-order chi connectivity index (χ1) is 13.3. The van der Waals surface area contributed by atoms with E-state index in [2.05, 4.69) is 17.6 Å². The number of carbonyl (C=O) groups excluding carboxylic acids is 3. The molecule has 0 bridgehead atoms. The van der Waals surface area contributed by atoms with Gasteiger partial charge in [-0.05, 0) is 61.4 Å². The number of nitrogens with one attached hydrogen (secondary N) is 2. The van der Waals surface area contributed by atoms with Gasteiger partial charge in [0, 0.05) is 28.0 Å². The molecule has 6 nitrogen and oxygen atoms in total. The number of carbonyl (C=O) groups is 3. The highest BCUT2D eigenvalue weighted by Gasteiger charge is 2.28. The first kappa shape index (κ1) is 20.4. The van der Waals surface area contributed by atoms with Crippen molar-refractivity contribution in [1.82, 2.24) is 0 Å². The van der Waals surface area contributed by atoms with Crippen LogP contribution in [0.25, 0.3) is 0 Å². The first-order valence-corrected chi connectivity index (χ1v) is 10.2. The quantitative estimate of drug-likeness (QED) is 0.750. The van der Waals surface area contributed by atoms with Crippen LogP contribution in [0, 0.1) is 5.92 Å². The van der Waals surface area contributed by atoms with E-state index in [1.54, 1.807) is 24.3 Å². The predicted octanol–water partition coefficient (Wildman–Crippen LogP) is 3.25. The number of benzene rings is 1. The molecule has 0 aliphatic heterocycles. The van der Waals surface area contributed by atoms with Crippen LogP contribution in [0.2, 0.25) is 5.02 Å². The molecule has 0 saturated carbocycles. The van der Waals surface area contributed by atoms with Crippen LogP contribution in [0.5, 0.6) is 0 Å². The summed E-state index contributed by atoms with van der Waals surface area (Å²) in [6.45, 7) is 2.16. The second-order valence-corrected chi connectivity index (χ2v) is 8.48. The average molecular weight is 420 g/mol. The summed E-state index contributed by atoms with van der Waals surface area (Å²) in [5.41, 5.74) is 2.03. The summed E-state index contributed by atoms with van der Waals surface area (Å²) in [4.78, 5) is 36.8. The van der Waals surface area contributed by atoms with Crippen LogP contribution in [0.3, 0.4) is 0 Å². The number of hydrogen-bond donors (Lipinski definition) is 2. The van der Waals surface area contributed by atoms with Crippen molar-refractivity contribution in [3.8, 4) is 0 Å². The van der Waals surface area contributed by atoms with Gasteiger partial charge in [0.05, 0.1) is 5.56 Å². The van der Waals surface area contributed by atoms with Gasteiger partial charge in [-0.15, -0.1) is 11.3 Å². The summed E-state index contributed by atoms with van der Waals surface area (Å²) in [6, 6.07) is 6.79. The highest BCUT2D eigenvalue weighted by atomic mass is 35.5. The van der Waals surface area contributed by atoms with Crippen molar-refractivity contribution < 1.29 is 19.5 Å². The van der Waals surface area contributed by atoms with E-state index in [0.717, 1.165) is 29.7 Å². The van der Waals surface area contributed by atoms with Gasteiger partial charge in [-0.3, -0.25) is 9.59 Å². The molecule has 8 heteroatoms. The summed E-state index contributed by atoms with van der Waals surface area (Å²) >= 11 is 7.28. The van der Waals surface area contributed by atoms with E-state index >= 15 is 0 Å². The molecule has 148 valence electrons. The molecule has 1 aliphatic rings. The number of halogens is 1. The molecule has 2 amide bonds.